The van der Waals surface area contributed by atoms with Crippen LogP contribution in [0.25, 0.3) is 0 Å². The molecule has 2 heterocycles. The molecule has 0 radical (unpaired) electrons. The molecule has 0 amide bonds. The van der Waals surface area contributed by atoms with E-state index in [1.165, 1.54) is 38.4 Å². The van der Waals surface area contributed by atoms with Gasteiger partial charge in [-0.1, -0.05) is 12.5 Å². The number of aliphatic hydroxyl groups is 1. The van der Waals surface area contributed by atoms with Gasteiger partial charge in [0.05, 0.1) is 12.3 Å². The topological polar surface area (TPSA) is 26.7 Å². The molecule has 2 fully saturated rings. The zero-order valence-corrected chi connectivity index (χ0v) is 12.6. The summed E-state index contributed by atoms with van der Waals surface area (Å²) in [5.41, 5.74) is 1.32. The third kappa shape index (κ3) is 3.38. The van der Waals surface area contributed by atoms with Gasteiger partial charge in [0.1, 0.15) is 5.82 Å². The maximum atomic E-state index is 14.1. The molecule has 2 saturated heterocycles. The second-order valence-electron chi connectivity index (χ2n) is 6.26. The van der Waals surface area contributed by atoms with Crippen LogP contribution in [0.15, 0.2) is 18.2 Å². The molecule has 0 aromatic heterocycles. The number of rotatable bonds is 3. The van der Waals surface area contributed by atoms with E-state index in [4.69, 9.17) is 5.11 Å². The Hall–Kier alpha value is -1.13. The van der Waals surface area contributed by atoms with E-state index < -0.39 is 0 Å². The maximum absolute atomic E-state index is 14.1. The lowest BCUT2D eigenvalue weighted by Crippen LogP contribution is -2.46. The summed E-state index contributed by atoms with van der Waals surface area (Å²) in [7, 11) is 0. The van der Waals surface area contributed by atoms with Gasteiger partial charge in [-0.15, -0.1) is 0 Å². The number of hydrogen-bond acceptors (Lipinski definition) is 3. The molecule has 4 heteroatoms. The van der Waals surface area contributed by atoms with E-state index in [0.29, 0.717) is 17.3 Å². The normalized spacial score (nSPS) is 21.7. The summed E-state index contributed by atoms with van der Waals surface area (Å²) in [6, 6.07) is 5.75. The van der Waals surface area contributed by atoms with Crippen molar-refractivity contribution in [3.05, 3.63) is 29.6 Å². The van der Waals surface area contributed by atoms with Crippen molar-refractivity contribution >= 4 is 5.69 Å². The van der Waals surface area contributed by atoms with Gasteiger partial charge >= 0.3 is 0 Å². The summed E-state index contributed by atoms with van der Waals surface area (Å²) in [6.45, 7) is 4.23. The van der Waals surface area contributed by atoms with E-state index in [1.54, 1.807) is 0 Å². The van der Waals surface area contributed by atoms with E-state index in [1.807, 2.05) is 12.1 Å². The van der Waals surface area contributed by atoms with Crippen LogP contribution in [0.4, 0.5) is 10.1 Å². The Kier molecular flexibility index (Phi) is 4.76. The third-order valence-corrected chi connectivity index (χ3v) is 4.91. The molecule has 2 aliphatic heterocycles. The number of benzene rings is 1. The molecule has 0 spiro atoms. The average Bonchev–Trinajstić information content (AvgIpc) is 2.56. The van der Waals surface area contributed by atoms with Crippen LogP contribution in [0, 0.1) is 5.82 Å². The average molecular weight is 292 g/mol. The molecule has 1 aromatic carbocycles. The standard InChI is InChI=1S/C17H25FN2O/c18-16-12-14(13-21)4-5-17(16)20-10-6-15(7-11-20)19-8-2-1-3-9-19/h4-5,12,15,21H,1-3,6-11,13H2. The van der Waals surface area contributed by atoms with Crippen LogP contribution in [-0.2, 0) is 6.61 Å². The van der Waals surface area contributed by atoms with Gasteiger partial charge in [-0.2, -0.15) is 0 Å². The Balaban J connectivity index is 1.60. The highest BCUT2D eigenvalue weighted by molar-refractivity contribution is 5.49. The molecule has 3 rings (SSSR count). The third-order valence-electron chi connectivity index (χ3n) is 4.91. The van der Waals surface area contributed by atoms with Crippen molar-refractivity contribution in [3.8, 4) is 0 Å². The first kappa shape index (κ1) is 14.8. The van der Waals surface area contributed by atoms with E-state index in [9.17, 15) is 4.39 Å². The lowest BCUT2D eigenvalue weighted by atomic mass is 9.99. The highest BCUT2D eigenvalue weighted by atomic mass is 19.1. The second-order valence-corrected chi connectivity index (χ2v) is 6.26. The molecular weight excluding hydrogens is 267 g/mol. The van der Waals surface area contributed by atoms with Gasteiger partial charge in [0.15, 0.2) is 0 Å². The first-order valence-electron chi connectivity index (χ1n) is 8.16. The maximum Gasteiger partial charge on any atom is 0.146 e. The Morgan fingerprint density at radius 2 is 1.76 bits per heavy atom. The lowest BCUT2D eigenvalue weighted by molar-refractivity contribution is 0.141. The molecule has 3 nitrogen and oxygen atoms in total. The van der Waals surface area contributed by atoms with Gasteiger partial charge in [-0.25, -0.2) is 4.39 Å². The van der Waals surface area contributed by atoms with Crippen molar-refractivity contribution in [2.45, 2.75) is 44.8 Å². The number of likely N-dealkylation sites (tertiary alicyclic amines) is 1. The van der Waals surface area contributed by atoms with Crippen molar-refractivity contribution in [1.29, 1.82) is 0 Å². The van der Waals surface area contributed by atoms with E-state index >= 15 is 0 Å². The van der Waals surface area contributed by atoms with Crippen LogP contribution in [0.5, 0.6) is 0 Å². The molecule has 0 atom stereocenters. The quantitative estimate of drug-likeness (QED) is 0.928. The van der Waals surface area contributed by atoms with E-state index in [2.05, 4.69) is 9.80 Å². The number of aliphatic hydroxyl groups excluding tert-OH is 1. The van der Waals surface area contributed by atoms with Crippen molar-refractivity contribution in [1.82, 2.24) is 4.90 Å². The molecule has 1 aromatic rings. The fourth-order valence-corrected chi connectivity index (χ4v) is 3.66. The van der Waals surface area contributed by atoms with Crippen molar-refractivity contribution in [2.75, 3.05) is 31.1 Å². The molecular formula is C17H25FN2O. The number of anilines is 1. The Bertz CT molecular complexity index is 466. The predicted molar refractivity (Wildman–Crippen MR) is 83.0 cm³/mol. The van der Waals surface area contributed by atoms with Crippen LogP contribution in [0.1, 0.15) is 37.7 Å². The number of halogens is 1. The van der Waals surface area contributed by atoms with Gasteiger partial charge < -0.3 is 14.9 Å². The van der Waals surface area contributed by atoms with Crippen LogP contribution < -0.4 is 4.90 Å². The molecule has 116 valence electrons. The van der Waals surface area contributed by atoms with Crippen molar-refractivity contribution in [2.24, 2.45) is 0 Å². The molecule has 2 aliphatic rings. The summed E-state index contributed by atoms with van der Waals surface area (Å²) >= 11 is 0. The largest absolute Gasteiger partial charge is 0.392 e. The van der Waals surface area contributed by atoms with Crippen LogP contribution in [-0.4, -0.2) is 42.2 Å². The molecule has 1 N–H and O–H groups in total. The van der Waals surface area contributed by atoms with Crippen LogP contribution in [0.3, 0.4) is 0 Å². The molecule has 0 unspecified atom stereocenters. The van der Waals surface area contributed by atoms with E-state index in [0.717, 1.165) is 25.9 Å². The highest BCUT2D eigenvalue weighted by Crippen LogP contribution is 2.27. The lowest BCUT2D eigenvalue weighted by Gasteiger charge is -2.41. The zero-order chi connectivity index (χ0) is 14.7. The minimum absolute atomic E-state index is 0.103. The van der Waals surface area contributed by atoms with Gasteiger partial charge in [0, 0.05) is 19.1 Å². The molecule has 0 saturated carbocycles. The zero-order valence-electron chi connectivity index (χ0n) is 12.6. The first-order chi connectivity index (χ1) is 10.3. The fraction of sp³-hybridized carbons (Fsp3) is 0.647. The van der Waals surface area contributed by atoms with Gasteiger partial charge in [0.2, 0.25) is 0 Å². The van der Waals surface area contributed by atoms with Crippen LogP contribution >= 0.6 is 0 Å². The van der Waals surface area contributed by atoms with Crippen molar-refractivity contribution < 1.29 is 9.50 Å². The summed E-state index contributed by atoms with van der Waals surface area (Å²) in [5, 5.41) is 9.06. The summed E-state index contributed by atoms with van der Waals surface area (Å²) < 4.78 is 14.1. The van der Waals surface area contributed by atoms with E-state index in [-0.39, 0.29) is 12.4 Å². The Morgan fingerprint density at radius 1 is 1.05 bits per heavy atom. The van der Waals surface area contributed by atoms with Gasteiger partial charge in [-0.05, 0) is 56.5 Å². The minimum atomic E-state index is -0.210. The smallest absolute Gasteiger partial charge is 0.146 e. The molecule has 0 aliphatic carbocycles. The highest BCUT2D eigenvalue weighted by Gasteiger charge is 2.26. The fourth-order valence-electron chi connectivity index (χ4n) is 3.66. The number of piperidine rings is 2. The number of nitrogens with zero attached hydrogens (tertiary/aromatic N) is 2. The molecule has 0 bridgehead atoms. The van der Waals surface area contributed by atoms with Crippen molar-refractivity contribution in [3.63, 3.8) is 0 Å². The molecule has 21 heavy (non-hydrogen) atoms. The van der Waals surface area contributed by atoms with Gasteiger partial charge in [0.25, 0.3) is 0 Å². The van der Waals surface area contributed by atoms with Gasteiger partial charge in [-0.3, -0.25) is 0 Å². The second kappa shape index (κ2) is 6.75. The monoisotopic (exact) mass is 292 g/mol. The predicted octanol–water partition coefficient (Wildman–Crippen LogP) is 2.77. The summed E-state index contributed by atoms with van der Waals surface area (Å²) in [5.74, 6) is -0.210. The number of hydrogen-bond donors (Lipinski definition) is 1. The Morgan fingerprint density at radius 3 is 2.38 bits per heavy atom. The van der Waals surface area contributed by atoms with Crippen LogP contribution in [0.2, 0.25) is 0 Å². The Labute approximate surface area is 126 Å². The first-order valence-corrected chi connectivity index (χ1v) is 8.16. The SMILES string of the molecule is OCc1ccc(N2CCC(N3CCCCC3)CC2)c(F)c1. The summed E-state index contributed by atoms with van der Waals surface area (Å²) in [4.78, 5) is 4.78. The summed E-state index contributed by atoms with van der Waals surface area (Å²) in [6.07, 6.45) is 6.29. The minimum Gasteiger partial charge on any atom is -0.392 e.